The maximum atomic E-state index is 12.5. The second-order valence-corrected chi connectivity index (χ2v) is 4.98. The zero-order valence-electron chi connectivity index (χ0n) is 11.4. The fourth-order valence-corrected chi connectivity index (χ4v) is 2.29. The first-order valence-electron chi connectivity index (χ1n) is 6.34. The number of amides is 1. The maximum absolute atomic E-state index is 12.5. The van der Waals surface area contributed by atoms with Crippen molar-refractivity contribution >= 4 is 11.6 Å². The average Bonchev–Trinajstić information content (AvgIpc) is 2.40. The minimum atomic E-state index is -0.0284. The average molecular weight is 262 g/mol. The van der Waals surface area contributed by atoms with Gasteiger partial charge in [0.05, 0.1) is 22.7 Å². The van der Waals surface area contributed by atoms with E-state index >= 15 is 0 Å². The molecule has 1 aromatic rings. The monoisotopic (exact) mass is 262 g/mol. The highest BCUT2D eigenvalue weighted by atomic mass is 16.4. The van der Waals surface area contributed by atoms with Crippen LogP contribution in [0.4, 0.5) is 0 Å². The molecule has 0 spiro atoms. The van der Waals surface area contributed by atoms with Gasteiger partial charge in [-0.15, -0.1) is 0 Å². The molecular formula is C13H18N4O2. The van der Waals surface area contributed by atoms with E-state index in [-0.39, 0.29) is 11.8 Å². The van der Waals surface area contributed by atoms with Gasteiger partial charge in [0.1, 0.15) is 0 Å². The van der Waals surface area contributed by atoms with Crippen molar-refractivity contribution in [2.75, 3.05) is 13.1 Å². The van der Waals surface area contributed by atoms with Crippen molar-refractivity contribution in [3.8, 4) is 0 Å². The number of carbonyl (C=O) groups excluding carboxylic acids is 1. The summed E-state index contributed by atoms with van der Waals surface area (Å²) in [6.45, 7) is 6.70. The van der Waals surface area contributed by atoms with Crippen LogP contribution in [0.3, 0.4) is 0 Å². The Bertz CT molecular complexity index is 527. The standard InChI is InChI=1S/C13H18N4O2/c1-8-7-17(5-4-12(8)16-19)13(18)11-6-9(2)14-15-10(11)3/h6,8,19H,4-5,7H2,1-3H3/b16-12+. The summed E-state index contributed by atoms with van der Waals surface area (Å²) in [6, 6.07) is 1.77. The molecule has 1 aliphatic rings. The van der Waals surface area contributed by atoms with Crippen LogP contribution in [0.1, 0.15) is 35.1 Å². The van der Waals surface area contributed by atoms with Gasteiger partial charge in [-0.3, -0.25) is 4.79 Å². The maximum Gasteiger partial charge on any atom is 0.255 e. The van der Waals surface area contributed by atoms with Gasteiger partial charge in [-0.25, -0.2) is 0 Å². The summed E-state index contributed by atoms with van der Waals surface area (Å²) in [6.07, 6.45) is 0.611. The van der Waals surface area contributed by atoms with Crippen LogP contribution < -0.4 is 0 Å². The van der Waals surface area contributed by atoms with Crippen LogP contribution in [0.2, 0.25) is 0 Å². The van der Waals surface area contributed by atoms with E-state index < -0.39 is 0 Å². The second kappa shape index (κ2) is 5.34. The van der Waals surface area contributed by atoms with E-state index in [1.165, 1.54) is 0 Å². The fourth-order valence-electron chi connectivity index (χ4n) is 2.29. The molecule has 1 unspecified atom stereocenters. The third-order valence-electron chi connectivity index (χ3n) is 3.45. The summed E-state index contributed by atoms with van der Waals surface area (Å²) < 4.78 is 0. The molecule has 0 radical (unpaired) electrons. The molecule has 0 aliphatic carbocycles. The molecule has 1 saturated heterocycles. The number of hydrogen-bond acceptors (Lipinski definition) is 5. The van der Waals surface area contributed by atoms with Gasteiger partial charge in [-0.2, -0.15) is 10.2 Å². The molecule has 1 aliphatic heterocycles. The summed E-state index contributed by atoms with van der Waals surface area (Å²) in [5.41, 5.74) is 2.73. The molecule has 1 atom stereocenters. The molecule has 0 saturated carbocycles. The van der Waals surface area contributed by atoms with Gasteiger partial charge in [0.2, 0.25) is 0 Å². The second-order valence-electron chi connectivity index (χ2n) is 4.98. The van der Waals surface area contributed by atoms with E-state index in [4.69, 9.17) is 5.21 Å². The SMILES string of the molecule is Cc1cc(C(=O)N2CC/C(=N\O)C(C)C2)c(C)nn1. The van der Waals surface area contributed by atoms with Crippen LogP contribution in [-0.4, -0.2) is 45.0 Å². The molecule has 1 N–H and O–H groups in total. The first kappa shape index (κ1) is 13.5. The summed E-state index contributed by atoms with van der Waals surface area (Å²) in [7, 11) is 0. The first-order valence-corrected chi connectivity index (χ1v) is 6.34. The normalized spacial score (nSPS) is 21.7. The van der Waals surface area contributed by atoms with Crippen LogP contribution in [0.5, 0.6) is 0 Å². The molecule has 6 nitrogen and oxygen atoms in total. The molecule has 1 aromatic heterocycles. The van der Waals surface area contributed by atoms with Crippen molar-refractivity contribution in [2.45, 2.75) is 27.2 Å². The minimum Gasteiger partial charge on any atom is -0.411 e. The third kappa shape index (κ3) is 2.72. The van der Waals surface area contributed by atoms with Crippen molar-refractivity contribution < 1.29 is 10.0 Å². The smallest absolute Gasteiger partial charge is 0.255 e. The molecule has 2 rings (SSSR count). The lowest BCUT2D eigenvalue weighted by molar-refractivity contribution is 0.0732. The topological polar surface area (TPSA) is 78.7 Å². The number of aryl methyl sites for hydroxylation is 2. The molecule has 6 heteroatoms. The van der Waals surface area contributed by atoms with Crippen LogP contribution in [0.25, 0.3) is 0 Å². The summed E-state index contributed by atoms with van der Waals surface area (Å²) in [5, 5.41) is 20.1. The minimum absolute atomic E-state index is 0.0284. The third-order valence-corrected chi connectivity index (χ3v) is 3.45. The molecule has 1 fully saturated rings. The van der Waals surface area contributed by atoms with E-state index in [1.807, 2.05) is 13.8 Å². The predicted octanol–water partition coefficient (Wildman–Crippen LogP) is 1.41. The Morgan fingerprint density at radius 3 is 2.84 bits per heavy atom. The zero-order chi connectivity index (χ0) is 14.0. The molecular weight excluding hydrogens is 244 g/mol. The quantitative estimate of drug-likeness (QED) is 0.613. The Hall–Kier alpha value is -1.98. The summed E-state index contributed by atoms with van der Waals surface area (Å²) >= 11 is 0. The number of carbonyl (C=O) groups is 1. The van der Waals surface area contributed by atoms with Crippen molar-refractivity contribution in [3.63, 3.8) is 0 Å². The van der Waals surface area contributed by atoms with Crippen LogP contribution >= 0.6 is 0 Å². The Kier molecular flexibility index (Phi) is 3.78. The van der Waals surface area contributed by atoms with Gasteiger partial charge >= 0.3 is 0 Å². The van der Waals surface area contributed by atoms with Crippen molar-refractivity contribution in [2.24, 2.45) is 11.1 Å². The lowest BCUT2D eigenvalue weighted by Gasteiger charge is -2.31. The summed E-state index contributed by atoms with van der Waals surface area (Å²) in [5.74, 6) is 0.0539. The molecule has 1 amide bonds. The largest absolute Gasteiger partial charge is 0.411 e. The van der Waals surface area contributed by atoms with E-state index in [0.717, 1.165) is 11.4 Å². The number of hydrogen-bond donors (Lipinski definition) is 1. The Labute approximate surface area is 112 Å². The predicted molar refractivity (Wildman–Crippen MR) is 70.4 cm³/mol. The van der Waals surface area contributed by atoms with E-state index in [2.05, 4.69) is 15.4 Å². The van der Waals surface area contributed by atoms with Crippen molar-refractivity contribution in [3.05, 3.63) is 23.0 Å². The van der Waals surface area contributed by atoms with Gasteiger partial charge in [0, 0.05) is 25.4 Å². The number of rotatable bonds is 1. The van der Waals surface area contributed by atoms with Gasteiger partial charge in [-0.1, -0.05) is 12.1 Å². The first-order chi connectivity index (χ1) is 9.02. The van der Waals surface area contributed by atoms with Gasteiger partial charge in [-0.05, 0) is 19.9 Å². The number of oxime groups is 1. The van der Waals surface area contributed by atoms with E-state index in [9.17, 15) is 4.79 Å². The number of aromatic nitrogens is 2. The van der Waals surface area contributed by atoms with Crippen LogP contribution in [0, 0.1) is 19.8 Å². The number of nitrogens with zero attached hydrogens (tertiary/aromatic N) is 4. The molecule has 2 heterocycles. The van der Waals surface area contributed by atoms with Crippen molar-refractivity contribution in [1.29, 1.82) is 0 Å². The lowest BCUT2D eigenvalue weighted by Crippen LogP contribution is -2.43. The van der Waals surface area contributed by atoms with Crippen molar-refractivity contribution in [1.82, 2.24) is 15.1 Å². The summed E-state index contributed by atoms with van der Waals surface area (Å²) in [4.78, 5) is 14.2. The lowest BCUT2D eigenvalue weighted by atomic mass is 9.97. The Morgan fingerprint density at radius 1 is 1.47 bits per heavy atom. The number of likely N-dealkylation sites (tertiary alicyclic amines) is 1. The van der Waals surface area contributed by atoms with Gasteiger partial charge in [0.25, 0.3) is 5.91 Å². The Balaban J connectivity index is 2.19. The van der Waals surface area contributed by atoms with E-state index in [0.29, 0.717) is 30.8 Å². The number of piperidine rings is 1. The molecule has 0 bridgehead atoms. The van der Waals surface area contributed by atoms with Crippen LogP contribution in [0.15, 0.2) is 11.2 Å². The molecule has 19 heavy (non-hydrogen) atoms. The highest BCUT2D eigenvalue weighted by Gasteiger charge is 2.27. The highest BCUT2D eigenvalue weighted by Crippen LogP contribution is 2.17. The van der Waals surface area contributed by atoms with E-state index in [1.54, 1.807) is 17.9 Å². The van der Waals surface area contributed by atoms with Gasteiger partial charge in [0.15, 0.2) is 0 Å². The highest BCUT2D eigenvalue weighted by molar-refractivity contribution is 5.97. The molecule has 102 valence electrons. The molecule has 0 aromatic carbocycles. The fraction of sp³-hybridized carbons (Fsp3) is 0.538. The van der Waals surface area contributed by atoms with Gasteiger partial charge < -0.3 is 10.1 Å². The zero-order valence-corrected chi connectivity index (χ0v) is 11.4. The van der Waals surface area contributed by atoms with Crippen LogP contribution in [-0.2, 0) is 0 Å². The Morgan fingerprint density at radius 2 is 2.21 bits per heavy atom.